The second-order valence-corrected chi connectivity index (χ2v) is 14.0. The van der Waals surface area contributed by atoms with Gasteiger partial charge in [0.2, 0.25) is 17.7 Å². The number of rotatable bonds is 7. The first kappa shape index (κ1) is 31.6. The summed E-state index contributed by atoms with van der Waals surface area (Å²) >= 11 is 17.6. The Bertz CT molecular complexity index is 1910. The topological polar surface area (TPSA) is 115 Å². The zero-order valence-electron chi connectivity index (χ0n) is 23.3. The van der Waals surface area contributed by atoms with Crippen LogP contribution < -0.4 is 15.1 Å². The van der Waals surface area contributed by atoms with Crippen molar-refractivity contribution in [3.8, 4) is 0 Å². The molecule has 0 bridgehead atoms. The van der Waals surface area contributed by atoms with Crippen molar-refractivity contribution < 1.29 is 23.9 Å². The Hall–Kier alpha value is -3.42. The highest BCUT2D eigenvalue weighted by atomic mass is 79.9. The molecule has 2 aliphatic rings. The third kappa shape index (κ3) is 5.97. The molecule has 3 aromatic carbocycles. The van der Waals surface area contributed by atoms with Crippen molar-refractivity contribution in [2.24, 2.45) is 5.92 Å². The first-order chi connectivity index (χ1) is 21.6. The number of imide groups is 1. The first-order valence-corrected chi connectivity index (χ1v) is 16.9. The third-order valence-electron chi connectivity index (χ3n) is 7.42. The highest BCUT2D eigenvalue weighted by molar-refractivity contribution is 9.10. The maximum atomic E-state index is 14.1. The Morgan fingerprint density at radius 3 is 2.33 bits per heavy atom. The SMILES string of the molecule is CCOC(=O)c1ccc(N2C(=O)C3Sc4c(sc(=O)n4CC(=O)Nc4ccc(Cl)c(Cl)c4)[C@H](c4ccc(Br)cc4)C3C2=O)cc1. The van der Waals surface area contributed by atoms with Crippen molar-refractivity contribution in [2.45, 2.75) is 29.7 Å². The number of aromatic nitrogens is 1. The fraction of sp³-hybridized carbons (Fsp3) is 0.194. The Kier molecular flexibility index (Phi) is 8.95. The number of carbonyl (C=O) groups excluding carboxylic acids is 4. The summed E-state index contributed by atoms with van der Waals surface area (Å²) in [6, 6.07) is 18.1. The van der Waals surface area contributed by atoms with Gasteiger partial charge in [0.1, 0.15) is 11.8 Å². The molecule has 2 aliphatic heterocycles. The minimum absolute atomic E-state index is 0.216. The zero-order chi connectivity index (χ0) is 32.0. The highest BCUT2D eigenvalue weighted by Crippen LogP contribution is 2.54. The number of thiazole rings is 1. The van der Waals surface area contributed by atoms with Crippen LogP contribution in [-0.2, 0) is 25.7 Å². The molecule has 0 aliphatic carbocycles. The van der Waals surface area contributed by atoms with E-state index in [1.807, 2.05) is 24.3 Å². The maximum absolute atomic E-state index is 14.1. The van der Waals surface area contributed by atoms with Crippen LogP contribution >= 0.6 is 62.2 Å². The number of carbonyl (C=O) groups is 4. The van der Waals surface area contributed by atoms with Crippen LogP contribution in [0, 0.1) is 5.92 Å². The number of esters is 1. The number of hydrogen-bond donors (Lipinski definition) is 1. The van der Waals surface area contributed by atoms with E-state index in [4.69, 9.17) is 27.9 Å². The van der Waals surface area contributed by atoms with Gasteiger partial charge >= 0.3 is 10.8 Å². The number of nitrogens with zero attached hydrogens (tertiary/aromatic N) is 2. The average molecular weight is 747 g/mol. The predicted molar refractivity (Wildman–Crippen MR) is 178 cm³/mol. The normalized spacial score (nSPS) is 18.8. The third-order valence-corrected chi connectivity index (χ3v) is 11.3. The lowest BCUT2D eigenvalue weighted by Crippen LogP contribution is -2.33. The summed E-state index contributed by atoms with van der Waals surface area (Å²) < 4.78 is 7.21. The Morgan fingerprint density at radius 1 is 0.956 bits per heavy atom. The lowest BCUT2D eigenvalue weighted by Gasteiger charge is -2.30. The maximum Gasteiger partial charge on any atom is 0.338 e. The van der Waals surface area contributed by atoms with E-state index in [1.165, 1.54) is 34.9 Å². The van der Waals surface area contributed by atoms with Gasteiger partial charge in [-0.05, 0) is 67.1 Å². The van der Waals surface area contributed by atoms with Crippen molar-refractivity contribution in [1.29, 1.82) is 0 Å². The van der Waals surface area contributed by atoms with Crippen LogP contribution in [0.15, 0.2) is 81.0 Å². The van der Waals surface area contributed by atoms with Crippen LogP contribution in [0.5, 0.6) is 0 Å². The lowest BCUT2D eigenvalue weighted by molar-refractivity contribution is -0.122. The molecule has 3 heterocycles. The van der Waals surface area contributed by atoms with Gasteiger partial charge in [-0.2, -0.15) is 0 Å². The van der Waals surface area contributed by atoms with Gasteiger partial charge < -0.3 is 10.1 Å². The van der Waals surface area contributed by atoms with Crippen LogP contribution in [0.4, 0.5) is 11.4 Å². The molecule has 3 amide bonds. The monoisotopic (exact) mass is 745 g/mol. The number of amides is 3. The minimum Gasteiger partial charge on any atom is -0.462 e. The number of nitrogens with one attached hydrogen (secondary N) is 1. The highest BCUT2D eigenvalue weighted by Gasteiger charge is 2.56. The summed E-state index contributed by atoms with van der Waals surface area (Å²) in [5.41, 5.74) is 1.78. The molecule has 3 atom stereocenters. The summed E-state index contributed by atoms with van der Waals surface area (Å²) in [5.74, 6) is -3.26. The predicted octanol–water partition coefficient (Wildman–Crippen LogP) is 6.59. The molecular weight excluding hydrogens is 725 g/mol. The van der Waals surface area contributed by atoms with Gasteiger partial charge in [0, 0.05) is 21.0 Å². The van der Waals surface area contributed by atoms with Gasteiger partial charge in [0.25, 0.3) is 0 Å². The number of halogens is 3. The van der Waals surface area contributed by atoms with Gasteiger partial charge in [-0.15, -0.1) is 0 Å². The van der Waals surface area contributed by atoms with Crippen molar-refractivity contribution in [1.82, 2.24) is 4.57 Å². The number of ether oxygens (including phenoxy) is 1. The van der Waals surface area contributed by atoms with E-state index in [9.17, 15) is 24.0 Å². The minimum atomic E-state index is -0.859. The van der Waals surface area contributed by atoms with Gasteiger partial charge in [0.05, 0.1) is 38.8 Å². The quantitative estimate of drug-likeness (QED) is 0.168. The number of benzene rings is 3. The summed E-state index contributed by atoms with van der Waals surface area (Å²) in [6.45, 7) is 1.60. The lowest BCUT2D eigenvalue weighted by atomic mass is 9.83. The van der Waals surface area contributed by atoms with Crippen LogP contribution in [0.25, 0.3) is 0 Å². The van der Waals surface area contributed by atoms with Gasteiger partial charge in [-0.3, -0.25) is 23.7 Å². The molecular formula is C31H22BrCl2N3O6S2. The molecule has 1 fully saturated rings. The summed E-state index contributed by atoms with van der Waals surface area (Å²) in [7, 11) is 0. The van der Waals surface area contributed by atoms with E-state index in [-0.39, 0.29) is 23.0 Å². The molecule has 1 saturated heterocycles. The standard InChI is InChI=1S/C31H22BrCl2N3O6S2/c1-2-43-30(41)16-5-10-19(11-6-16)37-27(39)24-23(15-3-7-17(32)8-4-15)26-29(44-25(24)28(37)40)36(31(42)45-26)14-22(38)35-18-9-12-20(33)21(34)13-18/h3-13,23-25H,2,14H2,1H3,(H,35,38)/t23-,24?,25?/m1/s1. The van der Waals surface area contributed by atoms with E-state index in [1.54, 1.807) is 19.1 Å². The largest absolute Gasteiger partial charge is 0.462 e. The molecule has 1 N–H and O–H groups in total. The number of thioether (sulfide) groups is 1. The van der Waals surface area contributed by atoms with Crippen LogP contribution in [0.2, 0.25) is 10.0 Å². The number of anilines is 2. The molecule has 0 saturated carbocycles. The Balaban J connectivity index is 1.36. The fourth-order valence-corrected chi connectivity index (χ4v) is 8.75. The van der Waals surface area contributed by atoms with E-state index in [2.05, 4.69) is 21.2 Å². The first-order valence-electron chi connectivity index (χ1n) is 13.6. The second-order valence-electron chi connectivity index (χ2n) is 10.2. The van der Waals surface area contributed by atoms with E-state index in [0.29, 0.717) is 31.9 Å². The van der Waals surface area contributed by atoms with Crippen molar-refractivity contribution in [3.63, 3.8) is 0 Å². The van der Waals surface area contributed by atoms with Crippen LogP contribution in [-0.4, -0.2) is 40.1 Å². The second kappa shape index (κ2) is 12.8. The number of fused-ring (bicyclic) bond motifs is 2. The van der Waals surface area contributed by atoms with E-state index >= 15 is 0 Å². The molecule has 9 nitrogen and oxygen atoms in total. The van der Waals surface area contributed by atoms with Gasteiger partial charge in [0.15, 0.2) is 0 Å². The summed E-state index contributed by atoms with van der Waals surface area (Å²) in [6.07, 6.45) is 0. The smallest absolute Gasteiger partial charge is 0.338 e. The zero-order valence-corrected chi connectivity index (χ0v) is 28.0. The van der Waals surface area contributed by atoms with Gasteiger partial charge in [-0.25, -0.2) is 9.69 Å². The molecule has 0 spiro atoms. The Labute approximate surface area is 283 Å². The van der Waals surface area contributed by atoms with E-state index < -0.39 is 40.8 Å². The number of hydrogen-bond acceptors (Lipinski definition) is 8. The van der Waals surface area contributed by atoms with Crippen molar-refractivity contribution in [3.05, 3.63) is 107 Å². The fourth-order valence-electron chi connectivity index (χ4n) is 5.42. The molecule has 6 rings (SSSR count). The Morgan fingerprint density at radius 2 is 1.67 bits per heavy atom. The summed E-state index contributed by atoms with van der Waals surface area (Å²) in [4.78, 5) is 68.0. The van der Waals surface area contributed by atoms with Gasteiger partial charge in [-0.1, -0.05) is 74.4 Å². The molecule has 1 aromatic heterocycles. The molecule has 45 heavy (non-hydrogen) atoms. The molecule has 0 radical (unpaired) electrons. The molecule has 230 valence electrons. The van der Waals surface area contributed by atoms with Crippen molar-refractivity contribution >= 4 is 97.3 Å². The average Bonchev–Trinajstić information content (AvgIpc) is 3.46. The van der Waals surface area contributed by atoms with E-state index in [0.717, 1.165) is 38.0 Å². The van der Waals surface area contributed by atoms with Crippen LogP contribution in [0.1, 0.15) is 33.6 Å². The summed E-state index contributed by atoms with van der Waals surface area (Å²) in [5, 5.41) is 2.93. The molecule has 2 unspecified atom stereocenters. The molecule has 14 heteroatoms. The molecule has 4 aromatic rings. The van der Waals surface area contributed by atoms with Crippen molar-refractivity contribution in [2.75, 3.05) is 16.8 Å². The van der Waals surface area contributed by atoms with Crippen LogP contribution in [0.3, 0.4) is 0 Å².